The molecule has 0 aromatic carbocycles. The Hall–Kier alpha value is -2.25. The number of aromatic nitrogens is 2. The third-order valence-electron chi connectivity index (χ3n) is 3.23. The van der Waals surface area contributed by atoms with Crippen LogP contribution in [0, 0.1) is 13.8 Å². The van der Waals surface area contributed by atoms with E-state index in [0.29, 0.717) is 23.1 Å². The Labute approximate surface area is 131 Å². The molecule has 0 aliphatic heterocycles. The van der Waals surface area contributed by atoms with Crippen molar-refractivity contribution in [2.24, 2.45) is 0 Å². The van der Waals surface area contributed by atoms with Crippen molar-refractivity contribution in [2.75, 3.05) is 6.61 Å². The molecule has 3 heterocycles. The molecule has 0 atom stereocenters. The van der Waals surface area contributed by atoms with Gasteiger partial charge in [-0.2, -0.15) is 0 Å². The Kier molecular flexibility index (Phi) is 3.91. The molecule has 6 nitrogen and oxygen atoms in total. The number of hydrogen-bond acceptors (Lipinski definition) is 6. The predicted molar refractivity (Wildman–Crippen MR) is 83.7 cm³/mol. The minimum atomic E-state index is -0.263. The molecule has 3 aromatic heterocycles. The standard InChI is InChI=1S/C15H15N3O3S/c1-4-21-18-14(19)12-8(2)11-9(3)16-13(17-15(11)22-12)10-6-5-7-20-10/h5-7H,4H2,1-3H3,(H,18,19). The van der Waals surface area contributed by atoms with Gasteiger partial charge in [0.05, 0.1) is 23.4 Å². The van der Waals surface area contributed by atoms with E-state index in [1.807, 2.05) is 26.8 Å². The van der Waals surface area contributed by atoms with E-state index in [1.165, 1.54) is 11.3 Å². The summed E-state index contributed by atoms with van der Waals surface area (Å²) in [4.78, 5) is 27.4. The first-order valence-electron chi connectivity index (χ1n) is 6.85. The number of nitrogens with zero attached hydrogens (tertiary/aromatic N) is 2. The van der Waals surface area contributed by atoms with Crippen LogP contribution < -0.4 is 5.48 Å². The molecule has 114 valence electrons. The number of fused-ring (bicyclic) bond motifs is 1. The third kappa shape index (κ3) is 2.49. The zero-order chi connectivity index (χ0) is 15.7. The van der Waals surface area contributed by atoms with Crippen LogP contribution in [0.2, 0.25) is 0 Å². The molecule has 7 heteroatoms. The fourth-order valence-corrected chi connectivity index (χ4v) is 3.37. The van der Waals surface area contributed by atoms with Gasteiger partial charge in [-0.1, -0.05) is 0 Å². The summed E-state index contributed by atoms with van der Waals surface area (Å²) in [6.45, 7) is 6.02. The van der Waals surface area contributed by atoms with Crippen LogP contribution in [0.15, 0.2) is 22.8 Å². The van der Waals surface area contributed by atoms with Gasteiger partial charge in [0, 0.05) is 5.39 Å². The van der Waals surface area contributed by atoms with Gasteiger partial charge in [0.15, 0.2) is 11.6 Å². The van der Waals surface area contributed by atoms with Gasteiger partial charge in [0.2, 0.25) is 0 Å². The van der Waals surface area contributed by atoms with Crippen molar-refractivity contribution in [2.45, 2.75) is 20.8 Å². The number of aryl methyl sites for hydroxylation is 2. The van der Waals surface area contributed by atoms with E-state index < -0.39 is 0 Å². The summed E-state index contributed by atoms with van der Waals surface area (Å²) in [5, 5.41) is 0.905. The summed E-state index contributed by atoms with van der Waals surface area (Å²) in [7, 11) is 0. The average Bonchev–Trinajstić information content (AvgIpc) is 3.13. The fraction of sp³-hybridized carbons (Fsp3) is 0.267. The van der Waals surface area contributed by atoms with Gasteiger partial charge in [-0.3, -0.25) is 9.63 Å². The van der Waals surface area contributed by atoms with Crippen LogP contribution in [0.25, 0.3) is 21.8 Å². The van der Waals surface area contributed by atoms with Crippen LogP contribution in [-0.2, 0) is 4.84 Å². The molecule has 1 amide bonds. The topological polar surface area (TPSA) is 77.2 Å². The molecule has 0 bridgehead atoms. The van der Waals surface area contributed by atoms with Crippen LogP contribution in [0.3, 0.4) is 0 Å². The molecule has 0 spiro atoms. The van der Waals surface area contributed by atoms with Crippen LogP contribution >= 0.6 is 11.3 Å². The maximum Gasteiger partial charge on any atom is 0.285 e. The number of hydroxylamine groups is 1. The van der Waals surface area contributed by atoms with Gasteiger partial charge >= 0.3 is 0 Å². The SMILES string of the molecule is CCONC(=O)c1sc2nc(-c3ccco3)nc(C)c2c1C. The van der Waals surface area contributed by atoms with Gasteiger partial charge < -0.3 is 4.42 Å². The van der Waals surface area contributed by atoms with E-state index in [2.05, 4.69) is 15.4 Å². The lowest BCUT2D eigenvalue weighted by Gasteiger charge is -2.02. The van der Waals surface area contributed by atoms with Gasteiger partial charge in [0.1, 0.15) is 4.83 Å². The van der Waals surface area contributed by atoms with E-state index in [1.54, 1.807) is 12.3 Å². The van der Waals surface area contributed by atoms with E-state index in [9.17, 15) is 4.79 Å². The second kappa shape index (κ2) is 5.86. The summed E-state index contributed by atoms with van der Waals surface area (Å²) in [5.74, 6) is 0.866. The minimum absolute atomic E-state index is 0.263. The maximum atomic E-state index is 12.1. The number of furan rings is 1. The van der Waals surface area contributed by atoms with Crippen LogP contribution in [0.1, 0.15) is 27.9 Å². The van der Waals surface area contributed by atoms with Crippen molar-refractivity contribution < 1.29 is 14.0 Å². The van der Waals surface area contributed by atoms with E-state index in [-0.39, 0.29) is 5.91 Å². The molecule has 0 aliphatic rings. The van der Waals surface area contributed by atoms with E-state index >= 15 is 0 Å². The minimum Gasteiger partial charge on any atom is -0.461 e. The molecule has 0 aliphatic carbocycles. The summed E-state index contributed by atoms with van der Waals surface area (Å²) in [6.07, 6.45) is 1.58. The van der Waals surface area contributed by atoms with Gasteiger partial charge in [-0.25, -0.2) is 15.4 Å². The first kappa shape index (κ1) is 14.7. The summed E-state index contributed by atoms with van der Waals surface area (Å²) < 4.78 is 5.34. The van der Waals surface area contributed by atoms with Crippen molar-refractivity contribution >= 4 is 27.5 Å². The first-order chi connectivity index (χ1) is 10.6. The number of thiophene rings is 1. The van der Waals surface area contributed by atoms with Crippen molar-refractivity contribution in [1.82, 2.24) is 15.4 Å². The second-order valence-corrected chi connectivity index (χ2v) is 5.71. The molecule has 1 N–H and O–H groups in total. The Morgan fingerprint density at radius 2 is 2.23 bits per heavy atom. The zero-order valence-corrected chi connectivity index (χ0v) is 13.3. The van der Waals surface area contributed by atoms with Gasteiger partial charge in [-0.15, -0.1) is 11.3 Å². The highest BCUT2D eigenvalue weighted by atomic mass is 32.1. The van der Waals surface area contributed by atoms with E-state index in [4.69, 9.17) is 9.25 Å². The van der Waals surface area contributed by atoms with Crippen LogP contribution in [-0.4, -0.2) is 22.5 Å². The molecule has 0 unspecified atom stereocenters. The molecule has 0 saturated heterocycles. The molecule has 0 fully saturated rings. The highest BCUT2D eigenvalue weighted by molar-refractivity contribution is 7.20. The lowest BCUT2D eigenvalue weighted by molar-refractivity contribution is 0.0368. The summed E-state index contributed by atoms with van der Waals surface area (Å²) >= 11 is 1.32. The number of hydrogen-bond donors (Lipinski definition) is 1. The van der Waals surface area contributed by atoms with Gasteiger partial charge in [-0.05, 0) is 38.5 Å². The predicted octanol–water partition coefficient (Wildman–Crippen LogP) is 3.25. The van der Waals surface area contributed by atoms with Crippen molar-refractivity contribution in [3.8, 4) is 11.6 Å². The quantitative estimate of drug-likeness (QED) is 0.747. The highest BCUT2D eigenvalue weighted by Crippen LogP contribution is 2.32. The second-order valence-electron chi connectivity index (χ2n) is 4.71. The van der Waals surface area contributed by atoms with Crippen molar-refractivity contribution in [1.29, 1.82) is 0 Å². The molecule has 0 radical (unpaired) electrons. The molecule has 22 heavy (non-hydrogen) atoms. The van der Waals surface area contributed by atoms with Crippen LogP contribution in [0.5, 0.6) is 0 Å². The first-order valence-corrected chi connectivity index (χ1v) is 7.67. The molecular weight excluding hydrogens is 302 g/mol. The highest BCUT2D eigenvalue weighted by Gasteiger charge is 2.20. The monoisotopic (exact) mass is 317 g/mol. The van der Waals surface area contributed by atoms with Crippen molar-refractivity contribution in [3.63, 3.8) is 0 Å². The number of rotatable bonds is 4. The Morgan fingerprint density at radius 3 is 2.91 bits per heavy atom. The molecule has 3 aromatic rings. The Balaban J connectivity index is 2.09. The number of carbonyl (C=O) groups is 1. The summed E-state index contributed by atoms with van der Waals surface area (Å²) in [6, 6.07) is 3.60. The Morgan fingerprint density at radius 1 is 1.41 bits per heavy atom. The number of nitrogens with one attached hydrogen (secondary N) is 1. The third-order valence-corrected chi connectivity index (χ3v) is 4.41. The molecular formula is C15H15N3O3S. The molecule has 0 saturated carbocycles. The molecule has 3 rings (SSSR count). The summed E-state index contributed by atoms with van der Waals surface area (Å²) in [5.41, 5.74) is 4.10. The lowest BCUT2D eigenvalue weighted by Crippen LogP contribution is -2.23. The Bertz CT molecular complexity index is 824. The lowest BCUT2D eigenvalue weighted by atomic mass is 10.1. The van der Waals surface area contributed by atoms with Crippen molar-refractivity contribution in [3.05, 3.63) is 34.5 Å². The van der Waals surface area contributed by atoms with Crippen LogP contribution in [0.4, 0.5) is 0 Å². The smallest absolute Gasteiger partial charge is 0.285 e. The maximum absolute atomic E-state index is 12.1. The normalized spacial score (nSPS) is 11.0. The zero-order valence-electron chi connectivity index (χ0n) is 12.5. The fourth-order valence-electron chi connectivity index (χ4n) is 2.26. The largest absolute Gasteiger partial charge is 0.461 e. The van der Waals surface area contributed by atoms with E-state index in [0.717, 1.165) is 21.5 Å². The van der Waals surface area contributed by atoms with Gasteiger partial charge in [0.25, 0.3) is 5.91 Å². The number of amides is 1. The average molecular weight is 317 g/mol. The number of carbonyl (C=O) groups excluding carboxylic acids is 1.